The maximum atomic E-state index is 9.08. The van der Waals surface area contributed by atoms with Crippen molar-refractivity contribution in [2.45, 2.75) is 25.4 Å². The van der Waals surface area contributed by atoms with Crippen LogP contribution in [-0.4, -0.2) is 38.6 Å². The summed E-state index contributed by atoms with van der Waals surface area (Å²) < 4.78 is 1.95. The molecule has 4 nitrogen and oxygen atoms in total. The highest BCUT2D eigenvalue weighted by atomic mass is 35.5. The van der Waals surface area contributed by atoms with Crippen LogP contribution in [0.2, 0.25) is 5.02 Å². The van der Waals surface area contributed by atoms with E-state index in [1.807, 2.05) is 28.9 Å². The molecular weight excluding hydrogens is 250 g/mol. The van der Waals surface area contributed by atoms with Gasteiger partial charge in [0.15, 0.2) is 0 Å². The normalized spacial score (nSPS) is 15.7. The fourth-order valence-electron chi connectivity index (χ4n) is 2.26. The van der Waals surface area contributed by atoms with E-state index in [9.17, 15) is 0 Å². The number of halogens is 1. The SMILES string of the molecule is OCCN(Cc1cn2cc(Cl)ccc2n1)C1CC1. The van der Waals surface area contributed by atoms with Gasteiger partial charge in [-0.15, -0.1) is 0 Å². The van der Waals surface area contributed by atoms with E-state index in [0.29, 0.717) is 11.1 Å². The zero-order valence-electron chi connectivity index (χ0n) is 10.1. The lowest BCUT2D eigenvalue weighted by Gasteiger charge is -2.19. The van der Waals surface area contributed by atoms with Crippen LogP contribution in [-0.2, 0) is 6.54 Å². The van der Waals surface area contributed by atoms with E-state index in [4.69, 9.17) is 16.7 Å². The third-order valence-electron chi connectivity index (χ3n) is 3.28. The number of aromatic nitrogens is 2. The number of aliphatic hydroxyl groups excluding tert-OH is 1. The van der Waals surface area contributed by atoms with Crippen molar-refractivity contribution >= 4 is 17.2 Å². The molecule has 2 aromatic heterocycles. The van der Waals surface area contributed by atoms with Crippen LogP contribution in [0.5, 0.6) is 0 Å². The van der Waals surface area contributed by atoms with E-state index in [1.54, 1.807) is 0 Å². The van der Waals surface area contributed by atoms with E-state index in [2.05, 4.69) is 9.88 Å². The number of rotatable bonds is 5. The Bertz CT molecular complexity index is 550. The third kappa shape index (κ3) is 2.51. The molecule has 5 heteroatoms. The van der Waals surface area contributed by atoms with Crippen molar-refractivity contribution in [3.8, 4) is 0 Å². The van der Waals surface area contributed by atoms with Gasteiger partial charge in [0.05, 0.1) is 17.3 Å². The van der Waals surface area contributed by atoms with Gasteiger partial charge in [0.1, 0.15) is 5.65 Å². The van der Waals surface area contributed by atoms with E-state index in [1.165, 1.54) is 12.8 Å². The highest BCUT2D eigenvalue weighted by Gasteiger charge is 2.28. The minimum atomic E-state index is 0.204. The molecule has 18 heavy (non-hydrogen) atoms. The zero-order valence-corrected chi connectivity index (χ0v) is 10.8. The van der Waals surface area contributed by atoms with Gasteiger partial charge in [-0.05, 0) is 25.0 Å². The van der Waals surface area contributed by atoms with Crippen LogP contribution in [0.25, 0.3) is 5.65 Å². The number of hydrogen-bond donors (Lipinski definition) is 1. The molecule has 1 aliphatic carbocycles. The van der Waals surface area contributed by atoms with Crippen LogP contribution in [0.1, 0.15) is 18.5 Å². The van der Waals surface area contributed by atoms with Crippen LogP contribution >= 0.6 is 11.6 Å². The Labute approximate surface area is 111 Å². The summed E-state index contributed by atoms with van der Waals surface area (Å²) in [5.41, 5.74) is 1.94. The van der Waals surface area contributed by atoms with Gasteiger partial charge < -0.3 is 9.51 Å². The van der Waals surface area contributed by atoms with Crippen LogP contribution in [0.15, 0.2) is 24.5 Å². The summed E-state index contributed by atoms with van der Waals surface area (Å²) in [4.78, 5) is 6.86. The number of pyridine rings is 1. The molecule has 0 radical (unpaired) electrons. The van der Waals surface area contributed by atoms with E-state index in [-0.39, 0.29) is 6.61 Å². The first kappa shape index (κ1) is 12.0. The Morgan fingerprint density at radius 1 is 1.39 bits per heavy atom. The smallest absolute Gasteiger partial charge is 0.137 e. The average molecular weight is 266 g/mol. The number of aliphatic hydroxyl groups is 1. The highest BCUT2D eigenvalue weighted by molar-refractivity contribution is 6.30. The van der Waals surface area contributed by atoms with Crippen molar-refractivity contribution in [2.75, 3.05) is 13.2 Å². The van der Waals surface area contributed by atoms with Gasteiger partial charge in [-0.25, -0.2) is 4.98 Å². The van der Waals surface area contributed by atoms with Crippen molar-refractivity contribution in [1.82, 2.24) is 14.3 Å². The standard InChI is InChI=1S/C13H16ClN3O/c14-10-1-4-13-15-11(9-17(13)7-10)8-16(5-6-18)12-2-3-12/h1,4,7,9,12,18H,2-3,5-6,8H2. The van der Waals surface area contributed by atoms with Crippen molar-refractivity contribution in [3.05, 3.63) is 35.2 Å². The second-order valence-electron chi connectivity index (χ2n) is 4.77. The summed E-state index contributed by atoms with van der Waals surface area (Å²) in [5, 5.41) is 9.79. The maximum Gasteiger partial charge on any atom is 0.137 e. The van der Waals surface area contributed by atoms with Crippen LogP contribution < -0.4 is 0 Å². The second kappa shape index (κ2) is 4.88. The van der Waals surface area contributed by atoms with Gasteiger partial charge in [0.2, 0.25) is 0 Å². The van der Waals surface area contributed by atoms with Crippen LogP contribution in [0.3, 0.4) is 0 Å². The summed E-state index contributed by atoms with van der Waals surface area (Å²) in [5.74, 6) is 0. The van der Waals surface area contributed by atoms with Crippen molar-refractivity contribution in [1.29, 1.82) is 0 Å². The lowest BCUT2D eigenvalue weighted by atomic mass is 10.4. The van der Waals surface area contributed by atoms with Crippen molar-refractivity contribution in [3.63, 3.8) is 0 Å². The van der Waals surface area contributed by atoms with Gasteiger partial charge in [-0.2, -0.15) is 0 Å². The van der Waals surface area contributed by atoms with Gasteiger partial charge in [-0.1, -0.05) is 11.6 Å². The first-order valence-corrected chi connectivity index (χ1v) is 6.62. The van der Waals surface area contributed by atoms with Gasteiger partial charge in [0.25, 0.3) is 0 Å². The Morgan fingerprint density at radius 3 is 2.94 bits per heavy atom. The molecule has 0 atom stereocenters. The third-order valence-corrected chi connectivity index (χ3v) is 3.50. The molecule has 96 valence electrons. The molecule has 0 bridgehead atoms. The minimum Gasteiger partial charge on any atom is -0.395 e. The molecule has 0 spiro atoms. The minimum absolute atomic E-state index is 0.204. The summed E-state index contributed by atoms with van der Waals surface area (Å²) in [6.07, 6.45) is 6.34. The zero-order chi connectivity index (χ0) is 12.5. The largest absolute Gasteiger partial charge is 0.395 e. The fraction of sp³-hybridized carbons (Fsp3) is 0.462. The second-order valence-corrected chi connectivity index (χ2v) is 5.21. The lowest BCUT2D eigenvalue weighted by Crippen LogP contribution is -2.28. The van der Waals surface area contributed by atoms with Gasteiger partial charge in [0, 0.05) is 31.5 Å². The molecule has 1 fully saturated rings. The molecule has 1 aliphatic rings. The Morgan fingerprint density at radius 2 is 2.22 bits per heavy atom. The van der Waals surface area contributed by atoms with Crippen molar-refractivity contribution < 1.29 is 5.11 Å². The summed E-state index contributed by atoms with van der Waals surface area (Å²) >= 11 is 5.95. The van der Waals surface area contributed by atoms with Crippen molar-refractivity contribution in [2.24, 2.45) is 0 Å². The number of nitrogens with zero attached hydrogens (tertiary/aromatic N) is 3. The fourth-order valence-corrected chi connectivity index (χ4v) is 2.43. The summed E-state index contributed by atoms with van der Waals surface area (Å²) in [6.45, 7) is 1.72. The van der Waals surface area contributed by atoms with Gasteiger partial charge >= 0.3 is 0 Å². The molecule has 1 saturated carbocycles. The Hall–Kier alpha value is -1.10. The Balaban J connectivity index is 1.80. The van der Waals surface area contributed by atoms with Gasteiger partial charge in [-0.3, -0.25) is 4.90 Å². The summed E-state index contributed by atoms with van der Waals surface area (Å²) in [7, 11) is 0. The Kier molecular flexibility index (Phi) is 3.24. The maximum absolute atomic E-state index is 9.08. The number of fused-ring (bicyclic) bond motifs is 1. The highest BCUT2D eigenvalue weighted by Crippen LogP contribution is 2.27. The first-order valence-electron chi connectivity index (χ1n) is 6.24. The molecule has 0 saturated heterocycles. The molecule has 0 aromatic carbocycles. The quantitative estimate of drug-likeness (QED) is 0.898. The molecule has 0 unspecified atom stereocenters. The summed E-state index contributed by atoms with van der Waals surface area (Å²) in [6, 6.07) is 4.39. The average Bonchev–Trinajstić information content (AvgIpc) is 3.10. The number of hydrogen-bond acceptors (Lipinski definition) is 3. The van der Waals surface area contributed by atoms with E-state index >= 15 is 0 Å². The topological polar surface area (TPSA) is 40.8 Å². The molecule has 3 rings (SSSR count). The first-order chi connectivity index (χ1) is 8.76. The van der Waals surface area contributed by atoms with E-state index < -0.39 is 0 Å². The molecule has 0 amide bonds. The van der Waals surface area contributed by atoms with E-state index in [0.717, 1.165) is 24.4 Å². The predicted octanol–water partition coefficient (Wildman–Crippen LogP) is 1.94. The molecule has 2 heterocycles. The van der Waals surface area contributed by atoms with Crippen LogP contribution in [0, 0.1) is 0 Å². The molecule has 1 N–H and O–H groups in total. The molecule has 0 aliphatic heterocycles. The molecule has 2 aromatic rings. The molecular formula is C13H16ClN3O. The predicted molar refractivity (Wildman–Crippen MR) is 70.7 cm³/mol. The van der Waals surface area contributed by atoms with Crippen LogP contribution in [0.4, 0.5) is 0 Å². The monoisotopic (exact) mass is 265 g/mol. The lowest BCUT2D eigenvalue weighted by molar-refractivity contribution is 0.182. The number of imidazole rings is 1.